The number of nitrogens with zero attached hydrogens (tertiary/aromatic N) is 2. The molecular formula is C24H20F2N2O5S. The highest BCUT2D eigenvalue weighted by molar-refractivity contribution is 7.07. The molecule has 0 amide bonds. The first-order valence-electron chi connectivity index (χ1n) is 10.5. The Morgan fingerprint density at radius 1 is 1.26 bits per heavy atom. The van der Waals surface area contributed by atoms with Gasteiger partial charge in [-0.15, -0.1) is 0 Å². The summed E-state index contributed by atoms with van der Waals surface area (Å²) in [4.78, 5) is 31.4. The number of rotatable bonds is 5. The molecule has 3 aromatic rings. The van der Waals surface area contributed by atoms with Gasteiger partial charge in [-0.2, -0.15) is 8.78 Å². The number of para-hydroxylation sites is 1. The molecule has 7 nitrogen and oxygen atoms in total. The minimum Gasteiger partial charge on any atom is -0.493 e. The number of aromatic nitrogens is 1. The van der Waals surface area contributed by atoms with Crippen LogP contribution in [-0.4, -0.2) is 29.8 Å². The lowest BCUT2D eigenvalue weighted by atomic mass is 9.79. The number of carbonyl (C=O) groups excluding carboxylic acids is 1. The third-order valence-electron chi connectivity index (χ3n) is 6.02. The van der Waals surface area contributed by atoms with Crippen molar-refractivity contribution in [1.29, 1.82) is 0 Å². The first kappa shape index (κ1) is 22.3. The van der Waals surface area contributed by atoms with Gasteiger partial charge in [0.1, 0.15) is 17.5 Å². The zero-order valence-electron chi connectivity index (χ0n) is 18.5. The van der Waals surface area contributed by atoms with Gasteiger partial charge in [-0.05, 0) is 43.7 Å². The highest BCUT2D eigenvalue weighted by Gasteiger charge is 2.53. The minimum atomic E-state index is -2.99. The van der Waals surface area contributed by atoms with Gasteiger partial charge in [0.05, 0.1) is 17.7 Å². The van der Waals surface area contributed by atoms with Crippen LogP contribution in [-0.2, 0) is 4.79 Å². The maximum absolute atomic E-state index is 13.5. The molecule has 0 radical (unpaired) electrons. The second kappa shape index (κ2) is 8.05. The number of ketones is 1. The number of carbonyl (C=O) groups is 1. The highest BCUT2D eigenvalue weighted by atomic mass is 32.1. The van der Waals surface area contributed by atoms with Crippen molar-refractivity contribution in [1.82, 2.24) is 4.57 Å². The van der Waals surface area contributed by atoms with E-state index in [2.05, 4.69) is 4.74 Å². The largest absolute Gasteiger partial charge is 0.493 e. The maximum atomic E-state index is 13.5. The minimum absolute atomic E-state index is 0.105. The summed E-state index contributed by atoms with van der Waals surface area (Å²) >= 11 is 1.17. The van der Waals surface area contributed by atoms with Gasteiger partial charge >= 0.3 is 6.61 Å². The van der Waals surface area contributed by atoms with E-state index in [1.807, 2.05) is 18.2 Å². The highest BCUT2D eigenvalue weighted by Crippen LogP contribution is 2.47. The third kappa shape index (κ3) is 3.49. The fourth-order valence-electron chi connectivity index (χ4n) is 4.67. The van der Waals surface area contributed by atoms with Crippen molar-refractivity contribution in [3.63, 3.8) is 0 Å². The van der Waals surface area contributed by atoms with Gasteiger partial charge in [-0.1, -0.05) is 35.6 Å². The number of alkyl halides is 2. The summed E-state index contributed by atoms with van der Waals surface area (Å²) in [5.74, 6) is -0.195. The molecule has 0 aliphatic carbocycles. The molecule has 2 aliphatic heterocycles. The molecule has 176 valence electrons. The van der Waals surface area contributed by atoms with E-state index in [0.717, 1.165) is 5.56 Å². The molecule has 0 fully saturated rings. The normalized spacial score (nSPS) is 22.9. The number of hydrogen-bond donors (Lipinski definition) is 0. The lowest BCUT2D eigenvalue weighted by Gasteiger charge is -2.45. The first-order valence-corrected chi connectivity index (χ1v) is 11.3. The summed E-state index contributed by atoms with van der Waals surface area (Å²) in [7, 11) is 1.34. The molecule has 2 aromatic carbocycles. The fourth-order valence-corrected chi connectivity index (χ4v) is 5.77. The molecule has 10 heteroatoms. The molecule has 3 heterocycles. The van der Waals surface area contributed by atoms with Crippen LogP contribution in [0.1, 0.15) is 31.0 Å². The molecule has 2 bridgehead atoms. The van der Waals surface area contributed by atoms with Crippen LogP contribution in [0.25, 0.3) is 6.08 Å². The van der Waals surface area contributed by atoms with Crippen LogP contribution in [0.4, 0.5) is 8.78 Å². The van der Waals surface area contributed by atoms with Crippen LogP contribution in [0.5, 0.6) is 17.2 Å². The maximum Gasteiger partial charge on any atom is 0.387 e. The van der Waals surface area contributed by atoms with Gasteiger partial charge in [-0.3, -0.25) is 14.2 Å². The van der Waals surface area contributed by atoms with E-state index in [1.165, 1.54) is 37.5 Å². The summed E-state index contributed by atoms with van der Waals surface area (Å²) in [6.07, 6.45) is 1.63. The topological polar surface area (TPSA) is 79.1 Å². The van der Waals surface area contributed by atoms with Crippen molar-refractivity contribution in [3.05, 3.63) is 73.3 Å². The van der Waals surface area contributed by atoms with Crippen molar-refractivity contribution in [2.45, 2.75) is 32.2 Å². The van der Waals surface area contributed by atoms with Gasteiger partial charge in [-0.25, -0.2) is 4.99 Å². The number of benzene rings is 2. The molecule has 0 spiro atoms. The summed E-state index contributed by atoms with van der Waals surface area (Å²) in [5, 5.41) is 0. The molecule has 1 aromatic heterocycles. The van der Waals surface area contributed by atoms with Crippen molar-refractivity contribution in [3.8, 4) is 17.2 Å². The standard InChI is InChI=1S/C24H20F2N2O5S/c1-12(29)19-20-14-6-4-5-7-15(14)33-24(19,2)27-23-28(20)21(30)18(34-23)11-13-8-9-16(32-22(25)26)17(10-13)31-3/h4-11,19-20,22H,1-3H3/b18-11-/t19-,20+,24+/m1/s1. The van der Waals surface area contributed by atoms with Crippen molar-refractivity contribution >= 4 is 23.2 Å². The number of methoxy groups -OCH3 is 1. The summed E-state index contributed by atoms with van der Waals surface area (Å²) in [5.41, 5.74) is -0.135. The monoisotopic (exact) mass is 486 g/mol. The lowest BCUT2D eigenvalue weighted by Crippen LogP contribution is -2.58. The molecular weight excluding hydrogens is 466 g/mol. The fraction of sp³-hybridized carbons (Fsp3) is 0.292. The zero-order valence-corrected chi connectivity index (χ0v) is 19.3. The van der Waals surface area contributed by atoms with Gasteiger partial charge in [0.15, 0.2) is 16.3 Å². The number of fused-ring (bicyclic) bond motifs is 6. The Hall–Kier alpha value is -3.53. The smallest absolute Gasteiger partial charge is 0.387 e. The van der Waals surface area contributed by atoms with Gasteiger partial charge < -0.3 is 14.2 Å². The molecule has 0 unspecified atom stereocenters. The predicted octanol–water partition coefficient (Wildman–Crippen LogP) is 2.89. The molecule has 2 aliphatic rings. The second-order valence-corrected chi connectivity index (χ2v) is 9.21. The number of Topliss-reactive ketones (excluding diaryl/α,β-unsaturated/α-hetero) is 1. The number of hydrogen-bond acceptors (Lipinski definition) is 7. The van der Waals surface area contributed by atoms with E-state index in [4.69, 9.17) is 14.5 Å². The van der Waals surface area contributed by atoms with Crippen LogP contribution in [0.3, 0.4) is 0 Å². The predicted molar refractivity (Wildman–Crippen MR) is 120 cm³/mol. The summed E-state index contributed by atoms with van der Waals surface area (Å²) < 4.78 is 43.0. The van der Waals surface area contributed by atoms with Crippen LogP contribution in [0.15, 0.2) is 52.3 Å². The van der Waals surface area contributed by atoms with E-state index >= 15 is 0 Å². The summed E-state index contributed by atoms with van der Waals surface area (Å²) in [6.45, 7) is 0.248. The van der Waals surface area contributed by atoms with Crippen LogP contribution in [0, 0.1) is 5.92 Å². The molecule has 34 heavy (non-hydrogen) atoms. The van der Waals surface area contributed by atoms with Crippen molar-refractivity contribution < 1.29 is 27.8 Å². The van der Waals surface area contributed by atoms with Crippen LogP contribution in [0.2, 0.25) is 0 Å². The Bertz CT molecular complexity index is 1480. The molecule has 0 N–H and O–H groups in total. The van der Waals surface area contributed by atoms with Gasteiger partial charge in [0.25, 0.3) is 5.56 Å². The molecule has 0 saturated carbocycles. The zero-order chi connectivity index (χ0) is 24.2. The second-order valence-electron chi connectivity index (χ2n) is 8.20. The van der Waals surface area contributed by atoms with E-state index < -0.39 is 24.3 Å². The lowest BCUT2D eigenvalue weighted by molar-refractivity contribution is -0.132. The quantitative estimate of drug-likeness (QED) is 0.554. The third-order valence-corrected chi connectivity index (χ3v) is 7.00. The summed E-state index contributed by atoms with van der Waals surface area (Å²) in [6, 6.07) is 11.2. The van der Waals surface area contributed by atoms with E-state index in [0.29, 0.717) is 20.6 Å². The number of halogens is 2. The molecule has 5 rings (SSSR count). The van der Waals surface area contributed by atoms with Gasteiger partial charge in [0, 0.05) is 5.56 Å². The SMILES string of the molecule is COc1cc(/C=c2\sc3n(c2=O)[C@H]2c4ccccc4O[C@](C)(N=3)[C@@H]2C(C)=O)ccc1OC(F)F. The Morgan fingerprint density at radius 2 is 2.03 bits per heavy atom. The van der Waals surface area contributed by atoms with Crippen molar-refractivity contribution in [2.75, 3.05) is 7.11 Å². The van der Waals surface area contributed by atoms with Crippen LogP contribution >= 0.6 is 11.3 Å². The molecule has 0 saturated heterocycles. The number of thiazole rings is 1. The Balaban J connectivity index is 1.69. The Labute approximate surface area is 196 Å². The average Bonchev–Trinajstić information content (AvgIpc) is 3.07. The van der Waals surface area contributed by atoms with Crippen LogP contribution < -0.4 is 29.1 Å². The van der Waals surface area contributed by atoms with Crippen molar-refractivity contribution in [2.24, 2.45) is 10.9 Å². The Morgan fingerprint density at radius 3 is 2.74 bits per heavy atom. The Kier molecular flexibility index (Phi) is 5.27. The van der Waals surface area contributed by atoms with E-state index in [-0.39, 0.29) is 22.8 Å². The number of ether oxygens (including phenoxy) is 3. The molecule has 3 atom stereocenters. The van der Waals surface area contributed by atoms with Gasteiger partial charge in [0.2, 0.25) is 5.72 Å². The first-order chi connectivity index (χ1) is 16.2. The van der Waals surface area contributed by atoms with E-state index in [9.17, 15) is 18.4 Å². The average molecular weight is 486 g/mol. The van der Waals surface area contributed by atoms with E-state index in [1.54, 1.807) is 29.7 Å².